The van der Waals surface area contributed by atoms with Crippen molar-refractivity contribution < 1.29 is 9.90 Å². The first kappa shape index (κ1) is 11.8. The van der Waals surface area contributed by atoms with Gasteiger partial charge < -0.3 is 15.7 Å². The maximum Gasteiger partial charge on any atom is 0.315 e. The monoisotopic (exact) mass is 234 g/mol. The molecule has 0 unspecified atom stereocenters. The van der Waals surface area contributed by atoms with Gasteiger partial charge in [-0.25, -0.2) is 4.79 Å². The predicted molar refractivity (Wildman–Crippen MR) is 66.0 cm³/mol. The molecule has 4 nitrogen and oxygen atoms in total. The maximum absolute atomic E-state index is 11.3. The van der Waals surface area contributed by atoms with E-state index >= 15 is 0 Å². The summed E-state index contributed by atoms with van der Waals surface area (Å²) in [7, 11) is 0. The predicted octanol–water partition coefficient (Wildman–Crippen LogP) is 1.79. The fourth-order valence-electron chi connectivity index (χ4n) is 1.62. The second-order valence-corrected chi connectivity index (χ2v) is 4.44. The fourth-order valence-corrected chi connectivity index (χ4v) is 1.62. The fraction of sp³-hybridized carbons (Fsp3) is 0.462. The number of amides is 2. The van der Waals surface area contributed by atoms with Gasteiger partial charge in [-0.3, -0.25) is 0 Å². The van der Waals surface area contributed by atoms with Crippen molar-refractivity contribution in [3.63, 3.8) is 0 Å². The second kappa shape index (κ2) is 5.57. The number of rotatable bonds is 5. The first-order chi connectivity index (χ1) is 8.24. The van der Waals surface area contributed by atoms with E-state index in [0.717, 1.165) is 25.7 Å². The summed E-state index contributed by atoms with van der Waals surface area (Å²) in [6.07, 6.45) is 4.04. The number of aromatic hydroxyl groups is 1. The Hall–Kier alpha value is -1.71. The molecule has 1 saturated carbocycles. The summed E-state index contributed by atoms with van der Waals surface area (Å²) < 4.78 is 0. The lowest BCUT2D eigenvalue weighted by molar-refractivity contribution is 0.240. The van der Waals surface area contributed by atoms with E-state index in [9.17, 15) is 4.79 Å². The van der Waals surface area contributed by atoms with Crippen molar-refractivity contribution in [3.05, 3.63) is 29.8 Å². The summed E-state index contributed by atoms with van der Waals surface area (Å²) in [5, 5.41) is 14.8. The van der Waals surface area contributed by atoms with Gasteiger partial charge in [-0.15, -0.1) is 0 Å². The Morgan fingerprint density at radius 3 is 2.65 bits per heavy atom. The van der Waals surface area contributed by atoms with E-state index in [1.807, 2.05) is 12.1 Å². The topological polar surface area (TPSA) is 61.4 Å². The highest BCUT2D eigenvalue weighted by atomic mass is 16.3. The number of phenols is 1. The summed E-state index contributed by atoms with van der Waals surface area (Å²) in [6, 6.07) is 7.52. The van der Waals surface area contributed by atoms with E-state index in [0.29, 0.717) is 12.6 Å². The maximum atomic E-state index is 11.3. The van der Waals surface area contributed by atoms with E-state index in [1.54, 1.807) is 12.1 Å². The van der Waals surface area contributed by atoms with Crippen LogP contribution in [0.3, 0.4) is 0 Å². The molecule has 17 heavy (non-hydrogen) atoms. The lowest BCUT2D eigenvalue weighted by Crippen LogP contribution is -2.37. The number of benzene rings is 1. The van der Waals surface area contributed by atoms with E-state index in [2.05, 4.69) is 10.6 Å². The molecule has 92 valence electrons. The van der Waals surface area contributed by atoms with Crippen LogP contribution in [-0.4, -0.2) is 23.7 Å². The average Bonchev–Trinajstić information content (AvgIpc) is 3.11. The highest BCUT2D eigenvalue weighted by Gasteiger charge is 2.22. The molecule has 1 aromatic carbocycles. The van der Waals surface area contributed by atoms with Crippen LogP contribution in [0.1, 0.15) is 24.8 Å². The minimum Gasteiger partial charge on any atom is -0.508 e. The zero-order chi connectivity index (χ0) is 12.1. The molecule has 0 heterocycles. The van der Waals surface area contributed by atoms with Gasteiger partial charge in [0.2, 0.25) is 0 Å². The van der Waals surface area contributed by atoms with Crippen LogP contribution in [0.4, 0.5) is 4.79 Å². The van der Waals surface area contributed by atoms with Crippen molar-refractivity contribution in [1.82, 2.24) is 10.6 Å². The van der Waals surface area contributed by atoms with Crippen molar-refractivity contribution in [2.45, 2.75) is 31.7 Å². The molecule has 1 fully saturated rings. The third-order valence-corrected chi connectivity index (χ3v) is 2.78. The van der Waals surface area contributed by atoms with Crippen LogP contribution in [0, 0.1) is 0 Å². The number of carbonyl (C=O) groups is 1. The quantitative estimate of drug-likeness (QED) is 0.680. The minimum atomic E-state index is -0.0572. The number of aryl methyl sites for hydroxylation is 1. The van der Waals surface area contributed by atoms with Gasteiger partial charge in [0.25, 0.3) is 0 Å². The molecular weight excluding hydrogens is 216 g/mol. The van der Waals surface area contributed by atoms with Gasteiger partial charge >= 0.3 is 6.03 Å². The SMILES string of the molecule is O=C(NCCCc1ccc(O)cc1)NC1CC1. The zero-order valence-electron chi connectivity index (χ0n) is 9.78. The smallest absolute Gasteiger partial charge is 0.315 e. The Morgan fingerprint density at radius 1 is 1.29 bits per heavy atom. The lowest BCUT2D eigenvalue weighted by Gasteiger charge is -2.06. The Balaban J connectivity index is 1.59. The highest BCUT2D eigenvalue weighted by Crippen LogP contribution is 2.18. The molecule has 2 amide bonds. The average molecular weight is 234 g/mol. The summed E-state index contributed by atoms with van der Waals surface area (Å²) in [5.74, 6) is 0.288. The van der Waals surface area contributed by atoms with E-state index in [1.165, 1.54) is 5.56 Å². The molecule has 0 saturated heterocycles. The van der Waals surface area contributed by atoms with Crippen LogP contribution in [0.5, 0.6) is 5.75 Å². The van der Waals surface area contributed by atoms with Gasteiger partial charge in [0, 0.05) is 12.6 Å². The summed E-state index contributed by atoms with van der Waals surface area (Å²) in [6.45, 7) is 0.680. The number of phenolic OH excluding ortho intramolecular Hbond substituents is 1. The van der Waals surface area contributed by atoms with Gasteiger partial charge in [0.1, 0.15) is 5.75 Å². The van der Waals surface area contributed by atoms with Crippen molar-refractivity contribution in [2.75, 3.05) is 6.54 Å². The molecule has 1 aliphatic carbocycles. The molecule has 0 aliphatic heterocycles. The number of hydrogen-bond acceptors (Lipinski definition) is 2. The molecule has 1 aliphatic rings. The first-order valence-electron chi connectivity index (χ1n) is 6.06. The summed E-state index contributed by atoms with van der Waals surface area (Å²) in [4.78, 5) is 11.3. The van der Waals surface area contributed by atoms with Crippen LogP contribution in [0.15, 0.2) is 24.3 Å². The number of carbonyl (C=O) groups excluding carboxylic acids is 1. The third kappa shape index (κ3) is 4.34. The van der Waals surface area contributed by atoms with Crippen LogP contribution < -0.4 is 10.6 Å². The number of hydrogen-bond donors (Lipinski definition) is 3. The third-order valence-electron chi connectivity index (χ3n) is 2.78. The molecule has 0 radical (unpaired) electrons. The Kier molecular flexibility index (Phi) is 3.85. The summed E-state index contributed by atoms with van der Waals surface area (Å²) in [5.41, 5.74) is 1.17. The highest BCUT2D eigenvalue weighted by molar-refractivity contribution is 5.74. The van der Waals surface area contributed by atoms with Crippen molar-refractivity contribution >= 4 is 6.03 Å². The van der Waals surface area contributed by atoms with Crippen molar-refractivity contribution in [3.8, 4) is 5.75 Å². The first-order valence-corrected chi connectivity index (χ1v) is 6.06. The molecule has 1 aromatic rings. The van der Waals surface area contributed by atoms with Crippen LogP contribution in [0.25, 0.3) is 0 Å². The zero-order valence-corrected chi connectivity index (χ0v) is 9.78. The molecule has 0 bridgehead atoms. The summed E-state index contributed by atoms with van der Waals surface area (Å²) >= 11 is 0. The van der Waals surface area contributed by atoms with Crippen LogP contribution in [-0.2, 0) is 6.42 Å². The van der Waals surface area contributed by atoms with E-state index in [4.69, 9.17) is 5.11 Å². The Labute approximate surface area is 101 Å². The molecule has 4 heteroatoms. The Bertz CT molecular complexity index is 372. The molecule has 0 aromatic heterocycles. The second-order valence-electron chi connectivity index (χ2n) is 4.44. The van der Waals surface area contributed by atoms with Gasteiger partial charge in [0.15, 0.2) is 0 Å². The van der Waals surface area contributed by atoms with Crippen molar-refractivity contribution in [1.29, 1.82) is 0 Å². The van der Waals surface area contributed by atoms with Crippen LogP contribution in [0.2, 0.25) is 0 Å². The normalized spacial score (nSPS) is 14.4. The standard InChI is InChI=1S/C13H18N2O2/c16-12-7-3-10(4-8-12)2-1-9-14-13(17)15-11-5-6-11/h3-4,7-8,11,16H,1-2,5-6,9H2,(H2,14,15,17). The molecule has 2 rings (SSSR count). The molecule has 0 atom stereocenters. The minimum absolute atomic E-state index is 0.0572. The molecule has 3 N–H and O–H groups in total. The van der Waals surface area contributed by atoms with Crippen LogP contribution >= 0.6 is 0 Å². The largest absolute Gasteiger partial charge is 0.508 e. The van der Waals surface area contributed by atoms with E-state index < -0.39 is 0 Å². The molecule has 0 spiro atoms. The van der Waals surface area contributed by atoms with Crippen molar-refractivity contribution in [2.24, 2.45) is 0 Å². The number of urea groups is 1. The molecular formula is C13H18N2O2. The number of nitrogens with one attached hydrogen (secondary N) is 2. The van der Waals surface area contributed by atoms with Gasteiger partial charge in [-0.2, -0.15) is 0 Å². The van der Waals surface area contributed by atoms with E-state index in [-0.39, 0.29) is 11.8 Å². The lowest BCUT2D eigenvalue weighted by atomic mass is 10.1. The Morgan fingerprint density at radius 2 is 2.00 bits per heavy atom. The van der Waals surface area contributed by atoms with Gasteiger partial charge in [0.05, 0.1) is 0 Å². The van der Waals surface area contributed by atoms with Gasteiger partial charge in [-0.1, -0.05) is 12.1 Å². The van der Waals surface area contributed by atoms with Gasteiger partial charge in [-0.05, 0) is 43.4 Å².